The third-order valence-electron chi connectivity index (χ3n) is 3.53. The number of hydrogen-bond donors (Lipinski definition) is 2. The van der Waals surface area contributed by atoms with Gasteiger partial charge in [0.25, 0.3) is 0 Å². The number of alkyl halides is 3. The van der Waals surface area contributed by atoms with Gasteiger partial charge in [0.05, 0.1) is 24.3 Å². The average molecular weight is 386 g/mol. The molecule has 9 heteroatoms. The van der Waals surface area contributed by atoms with Gasteiger partial charge in [-0.25, -0.2) is 4.98 Å². The lowest BCUT2D eigenvalue weighted by atomic mass is 10.2. The molecule has 0 bridgehead atoms. The Labute approximate surface area is 154 Å². The van der Waals surface area contributed by atoms with E-state index in [1.54, 1.807) is 18.4 Å². The van der Waals surface area contributed by atoms with Crippen molar-refractivity contribution in [3.8, 4) is 5.75 Å². The molecule has 0 saturated carbocycles. The van der Waals surface area contributed by atoms with Crippen LogP contribution in [-0.2, 0) is 12.7 Å². The smallest absolute Gasteiger partial charge is 0.416 e. The summed E-state index contributed by atoms with van der Waals surface area (Å²) in [4.78, 5) is 9.71. The maximum atomic E-state index is 12.7. The third kappa shape index (κ3) is 5.91. The van der Waals surface area contributed by atoms with Crippen LogP contribution in [0, 0.1) is 13.8 Å². The summed E-state index contributed by atoms with van der Waals surface area (Å²) in [5.41, 5.74) is 0.290. The molecule has 0 aliphatic rings. The molecule has 1 heterocycles. The van der Waals surface area contributed by atoms with Crippen molar-refractivity contribution in [2.75, 3.05) is 20.2 Å². The van der Waals surface area contributed by atoms with Gasteiger partial charge in [-0.15, -0.1) is 11.3 Å². The number of benzene rings is 1. The van der Waals surface area contributed by atoms with Crippen molar-refractivity contribution in [1.82, 2.24) is 15.6 Å². The lowest BCUT2D eigenvalue weighted by Crippen LogP contribution is -2.38. The van der Waals surface area contributed by atoms with Crippen LogP contribution in [0.4, 0.5) is 13.2 Å². The molecule has 0 amide bonds. The molecule has 26 heavy (non-hydrogen) atoms. The molecule has 1 aromatic carbocycles. The summed E-state index contributed by atoms with van der Waals surface area (Å²) in [6.45, 7) is 5.14. The number of halogens is 3. The van der Waals surface area contributed by atoms with Crippen LogP contribution in [0.2, 0.25) is 0 Å². The lowest BCUT2D eigenvalue weighted by molar-refractivity contribution is -0.137. The molecule has 2 aromatic rings. The van der Waals surface area contributed by atoms with Crippen molar-refractivity contribution in [3.63, 3.8) is 0 Å². The van der Waals surface area contributed by atoms with Gasteiger partial charge >= 0.3 is 6.18 Å². The van der Waals surface area contributed by atoms with Crippen molar-refractivity contribution in [2.45, 2.75) is 26.6 Å². The maximum Gasteiger partial charge on any atom is 0.416 e. The van der Waals surface area contributed by atoms with E-state index in [1.807, 2.05) is 13.8 Å². The molecule has 0 unspecified atom stereocenters. The predicted molar refractivity (Wildman–Crippen MR) is 96.7 cm³/mol. The van der Waals surface area contributed by atoms with Crippen LogP contribution >= 0.6 is 11.3 Å². The summed E-state index contributed by atoms with van der Waals surface area (Å²) in [5, 5.41) is 7.14. The molecule has 0 aliphatic heterocycles. The second-order valence-electron chi connectivity index (χ2n) is 5.48. The summed E-state index contributed by atoms with van der Waals surface area (Å²) in [7, 11) is 1.64. The molecule has 1 aromatic heterocycles. The van der Waals surface area contributed by atoms with E-state index in [9.17, 15) is 13.2 Å². The van der Waals surface area contributed by atoms with Crippen LogP contribution in [0.1, 0.15) is 21.1 Å². The van der Waals surface area contributed by atoms with Gasteiger partial charge in [0.15, 0.2) is 5.96 Å². The quantitative estimate of drug-likeness (QED) is 0.453. The molecule has 2 rings (SSSR count). The number of aryl methyl sites for hydroxylation is 2. The molecule has 0 aliphatic carbocycles. The zero-order valence-electron chi connectivity index (χ0n) is 14.8. The number of hydrogen-bond acceptors (Lipinski definition) is 4. The van der Waals surface area contributed by atoms with Crippen molar-refractivity contribution >= 4 is 17.3 Å². The molecular formula is C17H21F3N4OS. The number of rotatable bonds is 6. The van der Waals surface area contributed by atoms with E-state index in [4.69, 9.17) is 4.74 Å². The monoisotopic (exact) mass is 386 g/mol. The first-order valence-electron chi connectivity index (χ1n) is 7.97. The number of aromatic nitrogens is 1. The highest BCUT2D eigenvalue weighted by Gasteiger charge is 2.30. The van der Waals surface area contributed by atoms with Crippen molar-refractivity contribution in [2.24, 2.45) is 4.99 Å². The first-order chi connectivity index (χ1) is 12.3. The second-order valence-corrected chi connectivity index (χ2v) is 6.76. The normalized spacial score (nSPS) is 12.2. The highest BCUT2D eigenvalue weighted by molar-refractivity contribution is 7.11. The Morgan fingerprint density at radius 2 is 2.04 bits per heavy atom. The van der Waals surface area contributed by atoms with Gasteiger partial charge in [-0.05, 0) is 32.0 Å². The van der Waals surface area contributed by atoms with Crippen LogP contribution < -0.4 is 15.4 Å². The fraction of sp³-hybridized carbons (Fsp3) is 0.412. The lowest BCUT2D eigenvalue weighted by Gasteiger charge is -2.13. The largest absolute Gasteiger partial charge is 0.492 e. The van der Waals surface area contributed by atoms with E-state index in [-0.39, 0.29) is 12.4 Å². The van der Waals surface area contributed by atoms with E-state index in [2.05, 4.69) is 20.6 Å². The number of guanidine groups is 1. The zero-order chi connectivity index (χ0) is 19.2. The topological polar surface area (TPSA) is 58.5 Å². The van der Waals surface area contributed by atoms with Gasteiger partial charge in [-0.1, -0.05) is 6.07 Å². The third-order valence-corrected chi connectivity index (χ3v) is 4.60. The van der Waals surface area contributed by atoms with E-state index < -0.39 is 11.7 Å². The number of ether oxygens (including phenoxy) is 1. The van der Waals surface area contributed by atoms with E-state index in [1.165, 1.54) is 17.0 Å². The van der Waals surface area contributed by atoms with Gasteiger partial charge in [-0.2, -0.15) is 13.2 Å². The van der Waals surface area contributed by atoms with Crippen molar-refractivity contribution in [3.05, 3.63) is 45.4 Å². The number of aliphatic imine (C=N–C) groups is 1. The summed E-state index contributed by atoms with van der Waals surface area (Å²) in [5.74, 6) is 0.751. The van der Waals surface area contributed by atoms with E-state index in [0.29, 0.717) is 19.0 Å². The Balaban J connectivity index is 1.75. The van der Waals surface area contributed by atoms with Crippen molar-refractivity contribution in [1.29, 1.82) is 0 Å². The number of thiazole rings is 1. The van der Waals surface area contributed by atoms with E-state index in [0.717, 1.165) is 22.8 Å². The Morgan fingerprint density at radius 1 is 1.27 bits per heavy atom. The minimum absolute atomic E-state index is 0.179. The fourth-order valence-corrected chi connectivity index (χ4v) is 2.97. The fourth-order valence-electron chi connectivity index (χ4n) is 2.10. The summed E-state index contributed by atoms with van der Waals surface area (Å²) in [6, 6.07) is 4.82. The van der Waals surface area contributed by atoms with Crippen LogP contribution in [0.5, 0.6) is 5.75 Å². The summed E-state index contributed by atoms with van der Waals surface area (Å²) in [6.07, 6.45) is -4.38. The van der Waals surface area contributed by atoms with Gasteiger partial charge in [0, 0.05) is 11.9 Å². The average Bonchev–Trinajstić information content (AvgIpc) is 2.92. The molecule has 0 saturated heterocycles. The van der Waals surface area contributed by atoms with E-state index >= 15 is 0 Å². The molecule has 0 fully saturated rings. The number of nitrogens with zero attached hydrogens (tertiary/aromatic N) is 2. The first-order valence-corrected chi connectivity index (χ1v) is 8.78. The minimum atomic E-state index is -4.38. The van der Waals surface area contributed by atoms with Gasteiger partial charge in [0.1, 0.15) is 17.4 Å². The summed E-state index contributed by atoms with van der Waals surface area (Å²) < 4.78 is 43.4. The van der Waals surface area contributed by atoms with Crippen molar-refractivity contribution < 1.29 is 17.9 Å². The van der Waals surface area contributed by atoms with Crippen LogP contribution in [0.15, 0.2) is 29.3 Å². The first kappa shape index (κ1) is 20.0. The Morgan fingerprint density at radius 3 is 2.65 bits per heavy atom. The Kier molecular flexibility index (Phi) is 6.84. The molecule has 0 atom stereocenters. The molecule has 0 radical (unpaired) electrons. The molecular weight excluding hydrogens is 365 g/mol. The molecule has 0 spiro atoms. The zero-order valence-corrected chi connectivity index (χ0v) is 15.6. The SMILES string of the molecule is CN=C(NCCOc1cccc(C(F)(F)F)c1)NCc1nc(C)c(C)s1. The van der Waals surface area contributed by atoms with Crippen LogP contribution in [0.25, 0.3) is 0 Å². The molecule has 2 N–H and O–H groups in total. The second kappa shape index (κ2) is 8.88. The standard InChI is InChI=1S/C17H21F3N4OS/c1-11-12(2)26-15(24-11)10-23-16(21-3)22-7-8-25-14-6-4-5-13(9-14)17(18,19)20/h4-6,9H,7-8,10H2,1-3H3,(H2,21,22,23). The van der Waals surface area contributed by atoms with Crippen LogP contribution in [-0.4, -0.2) is 31.1 Å². The molecule has 142 valence electrons. The predicted octanol–water partition coefficient (Wildman–Crippen LogP) is 3.52. The van der Waals surface area contributed by atoms with Gasteiger partial charge in [-0.3, -0.25) is 4.99 Å². The Hall–Kier alpha value is -2.29. The highest BCUT2D eigenvalue weighted by Crippen LogP contribution is 2.31. The summed E-state index contributed by atoms with van der Waals surface area (Å²) >= 11 is 1.62. The highest BCUT2D eigenvalue weighted by atomic mass is 32.1. The van der Waals surface area contributed by atoms with Gasteiger partial charge < -0.3 is 15.4 Å². The Bertz CT molecular complexity index is 739. The number of nitrogens with one attached hydrogen (secondary N) is 2. The maximum absolute atomic E-state index is 12.7. The minimum Gasteiger partial charge on any atom is -0.492 e. The van der Waals surface area contributed by atoms with Crippen LogP contribution in [0.3, 0.4) is 0 Å². The van der Waals surface area contributed by atoms with Gasteiger partial charge in [0.2, 0.25) is 0 Å². The molecule has 5 nitrogen and oxygen atoms in total.